The van der Waals surface area contributed by atoms with Gasteiger partial charge in [0.25, 0.3) is 0 Å². The summed E-state index contributed by atoms with van der Waals surface area (Å²) in [4.78, 5) is 27.5. The fourth-order valence-corrected chi connectivity index (χ4v) is 2.84. The summed E-state index contributed by atoms with van der Waals surface area (Å²) in [6, 6.07) is 0. The largest absolute Gasteiger partial charge is 0.481 e. The van der Waals surface area contributed by atoms with Gasteiger partial charge in [0.05, 0.1) is 11.8 Å². The summed E-state index contributed by atoms with van der Waals surface area (Å²) in [6.07, 6.45) is 2.54. The summed E-state index contributed by atoms with van der Waals surface area (Å²) in [5.41, 5.74) is 2.18. The molecular formula is C13H16N2O3S. The minimum atomic E-state index is -0.911. The van der Waals surface area contributed by atoms with Crippen LogP contribution in [0.1, 0.15) is 26.7 Å². The lowest BCUT2D eigenvalue weighted by molar-refractivity contribution is -0.146. The van der Waals surface area contributed by atoms with Crippen molar-refractivity contribution in [2.45, 2.75) is 26.7 Å². The first-order valence-corrected chi connectivity index (χ1v) is 6.95. The quantitative estimate of drug-likeness (QED) is 0.834. The fraction of sp³-hybridized carbons (Fsp3) is 0.462. The van der Waals surface area contributed by atoms with Crippen LogP contribution in [0, 0.1) is 11.8 Å². The van der Waals surface area contributed by atoms with E-state index >= 15 is 0 Å². The van der Waals surface area contributed by atoms with E-state index in [-0.39, 0.29) is 5.91 Å². The molecule has 0 saturated heterocycles. The van der Waals surface area contributed by atoms with Crippen molar-refractivity contribution >= 4 is 28.3 Å². The van der Waals surface area contributed by atoms with Gasteiger partial charge in [-0.2, -0.15) is 0 Å². The molecule has 2 rings (SSSR count). The molecule has 0 aromatic carbocycles. The first-order chi connectivity index (χ1) is 8.99. The number of rotatable bonds is 3. The number of carboxylic acids is 1. The first-order valence-electron chi connectivity index (χ1n) is 6.07. The molecule has 2 N–H and O–H groups in total. The molecule has 2 atom stereocenters. The van der Waals surface area contributed by atoms with E-state index in [1.807, 2.05) is 13.8 Å². The van der Waals surface area contributed by atoms with Crippen LogP contribution < -0.4 is 5.32 Å². The van der Waals surface area contributed by atoms with E-state index in [4.69, 9.17) is 0 Å². The number of nitrogens with one attached hydrogen (secondary N) is 1. The highest BCUT2D eigenvalue weighted by Crippen LogP contribution is 2.35. The highest BCUT2D eigenvalue weighted by Gasteiger charge is 2.37. The summed E-state index contributed by atoms with van der Waals surface area (Å²) in [5.74, 6) is -2.34. The van der Waals surface area contributed by atoms with Gasteiger partial charge in [-0.05, 0) is 26.7 Å². The molecule has 0 unspecified atom stereocenters. The monoisotopic (exact) mass is 280 g/mol. The molecular weight excluding hydrogens is 264 g/mol. The Balaban J connectivity index is 2.16. The van der Waals surface area contributed by atoms with Gasteiger partial charge in [-0.25, -0.2) is 4.98 Å². The maximum absolute atomic E-state index is 12.2. The number of carboxylic acid groups (broad SMARTS) is 1. The molecule has 1 aliphatic carbocycles. The van der Waals surface area contributed by atoms with Crippen LogP contribution in [-0.4, -0.2) is 22.0 Å². The van der Waals surface area contributed by atoms with Gasteiger partial charge in [0.15, 0.2) is 5.13 Å². The van der Waals surface area contributed by atoms with Crippen molar-refractivity contribution in [2.75, 3.05) is 5.32 Å². The SMILES string of the molecule is CC1=C(C)C[C@@H](C(=O)Nc2nccs2)[C@@H](C(=O)O)C1. The molecule has 1 aromatic rings. The lowest BCUT2D eigenvalue weighted by Gasteiger charge is -2.29. The Morgan fingerprint density at radius 1 is 1.32 bits per heavy atom. The molecule has 19 heavy (non-hydrogen) atoms. The molecule has 6 heteroatoms. The zero-order chi connectivity index (χ0) is 14.0. The number of carbonyl (C=O) groups is 2. The Morgan fingerprint density at radius 3 is 2.47 bits per heavy atom. The molecule has 1 aromatic heterocycles. The lowest BCUT2D eigenvalue weighted by atomic mass is 9.76. The molecule has 0 aliphatic heterocycles. The summed E-state index contributed by atoms with van der Waals surface area (Å²) in [7, 11) is 0. The van der Waals surface area contributed by atoms with Gasteiger partial charge in [0, 0.05) is 11.6 Å². The summed E-state index contributed by atoms with van der Waals surface area (Å²) >= 11 is 1.32. The van der Waals surface area contributed by atoms with Gasteiger partial charge in [0.2, 0.25) is 5.91 Å². The lowest BCUT2D eigenvalue weighted by Crippen LogP contribution is -2.36. The zero-order valence-electron chi connectivity index (χ0n) is 10.8. The van der Waals surface area contributed by atoms with Crippen LogP contribution in [0.5, 0.6) is 0 Å². The third-order valence-electron chi connectivity index (χ3n) is 3.58. The number of carbonyl (C=O) groups excluding carboxylic acids is 1. The number of thiazole rings is 1. The van der Waals surface area contributed by atoms with Crippen molar-refractivity contribution in [1.29, 1.82) is 0 Å². The number of anilines is 1. The summed E-state index contributed by atoms with van der Waals surface area (Å²) in [5, 5.41) is 14.2. The molecule has 0 spiro atoms. The van der Waals surface area contributed by atoms with Crippen molar-refractivity contribution in [3.63, 3.8) is 0 Å². The predicted octanol–water partition coefficient (Wildman–Crippen LogP) is 2.53. The van der Waals surface area contributed by atoms with E-state index in [1.165, 1.54) is 11.3 Å². The van der Waals surface area contributed by atoms with Crippen LogP contribution >= 0.6 is 11.3 Å². The second-order valence-corrected chi connectivity index (χ2v) is 5.74. The van der Waals surface area contributed by atoms with Gasteiger partial charge in [-0.3, -0.25) is 9.59 Å². The van der Waals surface area contributed by atoms with Gasteiger partial charge in [-0.15, -0.1) is 11.3 Å². The summed E-state index contributed by atoms with van der Waals surface area (Å²) < 4.78 is 0. The van der Waals surface area contributed by atoms with E-state index in [1.54, 1.807) is 11.6 Å². The van der Waals surface area contributed by atoms with Crippen molar-refractivity contribution in [1.82, 2.24) is 4.98 Å². The topological polar surface area (TPSA) is 79.3 Å². The van der Waals surface area contributed by atoms with Crippen LogP contribution in [0.15, 0.2) is 22.7 Å². The molecule has 1 aliphatic rings. The van der Waals surface area contributed by atoms with Crippen molar-refractivity contribution in [2.24, 2.45) is 11.8 Å². The summed E-state index contributed by atoms with van der Waals surface area (Å²) in [6.45, 7) is 3.89. The van der Waals surface area contributed by atoms with Crippen LogP contribution in [-0.2, 0) is 9.59 Å². The molecule has 5 nitrogen and oxygen atoms in total. The van der Waals surface area contributed by atoms with Gasteiger partial charge >= 0.3 is 5.97 Å². The molecule has 1 heterocycles. The van der Waals surface area contributed by atoms with Crippen LogP contribution in [0.25, 0.3) is 0 Å². The third kappa shape index (κ3) is 3.01. The second kappa shape index (κ2) is 5.52. The van der Waals surface area contributed by atoms with E-state index in [0.29, 0.717) is 18.0 Å². The smallest absolute Gasteiger partial charge is 0.307 e. The van der Waals surface area contributed by atoms with Gasteiger partial charge in [0.1, 0.15) is 0 Å². The minimum absolute atomic E-state index is 0.255. The zero-order valence-corrected chi connectivity index (χ0v) is 11.7. The number of hydrogen-bond acceptors (Lipinski definition) is 4. The maximum Gasteiger partial charge on any atom is 0.307 e. The van der Waals surface area contributed by atoms with E-state index in [2.05, 4.69) is 10.3 Å². The second-order valence-electron chi connectivity index (χ2n) is 4.85. The predicted molar refractivity (Wildman–Crippen MR) is 73.0 cm³/mol. The van der Waals surface area contributed by atoms with E-state index in [9.17, 15) is 14.7 Å². The van der Waals surface area contributed by atoms with E-state index < -0.39 is 17.8 Å². The Hall–Kier alpha value is -1.69. The molecule has 0 fully saturated rings. The molecule has 0 radical (unpaired) electrons. The normalized spacial score (nSPS) is 23.3. The van der Waals surface area contributed by atoms with Crippen LogP contribution in [0.3, 0.4) is 0 Å². The average Bonchev–Trinajstić information content (AvgIpc) is 2.84. The highest BCUT2D eigenvalue weighted by molar-refractivity contribution is 7.13. The number of aromatic nitrogens is 1. The standard InChI is InChI=1S/C13H16N2O3S/c1-7-5-9(10(12(17)18)6-8(7)2)11(16)15-13-14-3-4-19-13/h3-4,9-10H,5-6H2,1-2H3,(H,17,18)(H,14,15,16)/t9-,10+/m1/s1. The maximum atomic E-state index is 12.2. The number of hydrogen-bond donors (Lipinski definition) is 2. The van der Waals surface area contributed by atoms with Gasteiger partial charge in [-0.1, -0.05) is 11.1 Å². The molecule has 0 saturated carbocycles. The van der Waals surface area contributed by atoms with Crippen LogP contribution in [0.4, 0.5) is 5.13 Å². The Morgan fingerprint density at radius 2 is 1.95 bits per heavy atom. The average molecular weight is 280 g/mol. The van der Waals surface area contributed by atoms with Crippen molar-refractivity contribution in [3.8, 4) is 0 Å². The molecule has 102 valence electrons. The highest BCUT2D eigenvalue weighted by atomic mass is 32.1. The Kier molecular flexibility index (Phi) is 3.99. The Bertz CT molecular complexity index is 522. The van der Waals surface area contributed by atoms with Crippen LogP contribution in [0.2, 0.25) is 0 Å². The number of amides is 1. The number of aliphatic carboxylic acids is 1. The van der Waals surface area contributed by atoms with E-state index in [0.717, 1.165) is 11.1 Å². The van der Waals surface area contributed by atoms with Gasteiger partial charge < -0.3 is 10.4 Å². The number of allylic oxidation sites excluding steroid dienone is 2. The minimum Gasteiger partial charge on any atom is -0.481 e. The molecule has 1 amide bonds. The third-order valence-corrected chi connectivity index (χ3v) is 4.27. The number of nitrogens with zero attached hydrogens (tertiary/aromatic N) is 1. The van der Waals surface area contributed by atoms with Crippen molar-refractivity contribution in [3.05, 3.63) is 22.7 Å². The Labute approximate surface area is 115 Å². The fourth-order valence-electron chi connectivity index (χ4n) is 2.31. The van der Waals surface area contributed by atoms with Crippen molar-refractivity contribution < 1.29 is 14.7 Å². The molecule has 0 bridgehead atoms. The first kappa shape index (κ1) is 13.7.